The Morgan fingerprint density at radius 3 is 2.94 bits per heavy atom. The van der Waals surface area contributed by atoms with Crippen molar-refractivity contribution in [3.8, 4) is 0 Å². The highest BCUT2D eigenvalue weighted by molar-refractivity contribution is 7.99. The van der Waals surface area contributed by atoms with Gasteiger partial charge in [0, 0.05) is 25.0 Å². The summed E-state index contributed by atoms with van der Waals surface area (Å²) in [5.41, 5.74) is 0.206. The molecule has 3 nitrogen and oxygen atoms in total. The van der Waals surface area contributed by atoms with Crippen LogP contribution in [0.2, 0.25) is 0 Å². The molecule has 0 aromatic carbocycles. The number of ether oxygens (including phenoxy) is 1. The van der Waals surface area contributed by atoms with Gasteiger partial charge < -0.3 is 15.2 Å². The predicted octanol–water partition coefficient (Wildman–Crippen LogP) is 2.18. The molecule has 2 atom stereocenters. The standard InChI is InChI=1S/C14H27NO2S/c16-8-4-2-1-3-7-15-13-5-9-17-14(11-13)6-10-18-12-14/h13,15-16H,1-12H2. The lowest BCUT2D eigenvalue weighted by atomic mass is 9.90. The van der Waals surface area contributed by atoms with Gasteiger partial charge >= 0.3 is 0 Å². The molecule has 4 heteroatoms. The SMILES string of the molecule is OCCCCCCNC1CCOC2(CCSC2)C1. The molecule has 2 unspecified atom stereocenters. The van der Waals surface area contributed by atoms with E-state index in [1.165, 1.54) is 43.6 Å². The number of unbranched alkanes of at least 4 members (excludes halogenated alkanes) is 3. The van der Waals surface area contributed by atoms with Crippen LogP contribution in [0.25, 0.3) is 0 Å². The molecule has 0 aromatic heterocycles. The molecule has 0 radical (unpaired) electrons. The van der Waals surface area contributed by atoms with Gasteiger partial charge in [-0.3, -0.25) is 0 Å². The van der Waals surface area contributed by atoms with Crippen molar-refractivity contribution < 1.29 is 9.84 Å². The minimum Gasteiger partial charge on any atom is -0.396 e. The zero-order chi connectivity index (χ0) is 12.7. The van der Waals surface area contributed by atoms with Gasteiger partial charge in [-0.05, 0) is 44.4 Å². The highest BCUT2D eigenvalue weighted by atomic mass is 32.2. The summed E-state index contributed by atoms with van der Waals surface area (Å²) in [6, 6.07) is 0.662. The van der Waals surface area contributed by atoms with E-state index in [0.29, 0.717) is 12.6 Å². The molecule has 2 aliphatic rings. The summed E-state index contributed by atoms with van der Waals surface area (Å²) < 4.78 is 6.03. The minimum absolute atomic E-state index is 0.206. The monoisotopic (exact) mass is 273 g/mol. The third-order valence-electron chi connectivity index (χ3n) is 4.08. The van der Waals surface area contributed by atoms with Crippen molar-refractivity contribution in [3.05, 3.63) is 0 Å². The maximum Gasteiger partial charge on any atom is 0.0795 e. The topological polar surface area (TPSA) is 41.5 Å². The van der Waals surface area contributed by atoms with Crippen LogP contribution in [0.15, 0.2) is 0 Å². The summed E-state index contributed by atoms with van der Waals surface area (Å²) in [5.74, 6) is 2.47. The molecule has 0 saturated carbocycles. The number of thioether (sulfide) groups is 1. The second kappa shape index (κ2) is 7.73. The van der Waals surface area contributed by atoms with E-state index in [0.717, 1.165) is 26.0 Å². The zero-order valence-corrected chi connectivity index (χ0v) is 12.1. The minimum atomic E-state index is 0.206. The molecule has 0 amide bonds. The molecule has 1 spiro atoms. The Hall–Kier alpha value is 0.230. The van der Waals surface area contributed by atoms with Crippen molar-refractivity contribution in [1.29, 1.82) is 0 Å². The van der Waals surface area contributed by atoms with Crippen LogP contribution < -0.4 is 5.32 Å². The molecular weight excluding hydrogens is 246 g/mol. The largest absolute Gasteiger partial charge is 0.396 e. The Bertz CT molecular complexity index is 232. The second-order valence-electron chi connectivity index (χ2n) is 5.62. The molecule has 18 heavy (non-hydrogen) atoms. The van der Waals surface area contributed by atoms with Crippen LogP contribution in [0.4, 0.5) is 0 Å². The van der Waals surface area contributed by atoms with E-state index in [-0.39, 0.29) is 5.60 Å². The normalized spacial score (nSPS) is 32.2. The number of aliphatic hydroxyl groups is 1. The van der Waals surface area contributed by atoms with Gasteiger partial charge in [-0.1, -0.05) is 12.8 Å². The van der Waals surface area contributed by atoms with E-state index in [9.17, 15) is 0 Å². The molecule has 2 N–H and O–H groups in total. The van der Waals surface area contributed by atoms with Gasteiger partial charge in [0.2, 0.25) is 0 Å². The third-order valence-corrected chi connectivity index (χ3v) is 5.30. The van der Waals surface area contributed by atoms with E-state index in [1.807, 2.05) is 11.8 Å². The van der Waals surface area contributed by atoms with Gasteiger partial charge in [0.05, 0.1) is 5.60 Å². The number of rotatable bonds is 7. The average molecular weight is 273 g/mol. The lowest BCUT2D eigenvalue weighted by molar-refractivity contribution is -0.0700. The Balaban J connectivity index is 1.58. The van der Waals surface area contributed by atoms with Gasteiger partial charge in [0.1, 0.15) is 0 Å². The lowest BCUT2D eigenvalue weighted by Gasteiger charge is -2.38. The Kier molecular flexibility index (Phi) is 6.29. The summed E-state index contributed by atoms with van der Waals surface area (Å²) in [7, 11) is 0. The van der Waals surface area contributed by atoms with Crippen LogP contribution in [0.3, 0.4) is 0 Å². The van der Waals surface area contributed by atoms with E-state index >= 15 is 0 Å². The molecular formula is C14H27NO2S. The molecule has 0 aliphatic carbocycles. The van der Waals surface area contributed by atoms with Crippen molar-refractivity contribution in [2.45, 2.75) is 56.6 Å². The fourth-order valence-electron chi connectivity index (χ4n) is 2.96. The van der Waals surface area contributed by atoms with Crippen LogP contribution in [-0.4, -0.2) is 48.0 Å². The first-order valence-electron chi connectivity index (χ1n) is 7.41. The maximum absolute atomic E-state index is 8.71. The van der Waals surface area contributed by atoms with Crippen LogP contribution in [-0.2, 0) is 4.74 Å². The summed E-state index contributed by atoms with van der Waals surface area (Å²) in [5, 5.41) is 12.4. The van der Waals surface area contributed by atoms with Crippen LogP contribution in [0.5, 0.6) is 0 Å². The first kappa shape index (κ1) is 14.6. The summed E-state index contributed by atoms with van der Waals surface area (Å²) in [6.45, 7) is 2.40. The van der Waals surface area contributed by atoms with Crippen molar-refractivity contribution in [2.75, 3.05) is 31.3 Å². The summed E-state index contributed by atoms with van der Waals surface area (Å²) in [4.78, 5) is 0. The van der Waals surface area contributed by atoms with Crippen molar-refractivity contribution in [2.24, 2.45) is 0 Å². The maximum atomic E-state index is 8.71. The van der Waals surface area contributed by atoms with Gasteiger partial charge in [-0.25, -0.2) is 0 Å². The molecule has 2 saturated heterocycles. The highest BCUT2D eigenvalue weighted by Gasteiger charge is 2.40. The molecule has 0 aromatic rings. The van der Waals surface area contributed by atoms with Crippen LogP contribution in [0.1, 0.15) is 44.9 Å². The van der Waals surface area contributed by atoms with E-state index in [2.05, 4.69) is 5.32 Å². The van der Waals surface area contributed by atoms with Crippen molar-refractivity contribution >= 4 is 11.8 Å². The third kappa shape index (κ3) is 4.41. The van der Waals surface area contributed by atoms with Gasteiger partial charge in [-0.2, -0.15) is 11.8 Å². The van der Waals surface area contributed by atoms with E-state index in [1.54, 1.807) is 0 Å². The Labute approximate surface area is 115 Å². The van der Waals surface area contributed by atoms with Crippen molar-refractivity contribution in [3.63, 3.8) is 0 Å². The molecule has 2 fully saturated rings. The summed E-state index contributed by atoms with van der Waals surface area (Å²) >= 11 is 2.04. The number of aliphatic hydroxyl groups excluding tert-OH is 1. The van der Waals surface area contributed by atoms with Gasteiger partial charge in [0.15, 0.2) is 0 Å². The molecule has 0 bridgehead atoms. The summed E-state index contributed by atoms with van der Waals surface area (Å²) in [6.07, 6.45) is 8.20. The smallest absolute Gasteiger partial charge is 0.0795 e. The first-order chi connectivity index (χ1) is 8.85. The van der Waals surface area contributed by atoms with Gasteiger partial charge in [0.25, 0.3) is 0 Å². The Morgan fingerprint density at radius 2 is 2.17 bits per heavy atom. The zero-order valence-electron chi connectivity index (χ0n) is 11.3. The second-order valence-corrected chi connectivity index (χ2v) is 6.72. The fraction of sp³-hybridized carbons (Fsp3) is 1.00. The number of nitrogens with one attached hydrogen (secondary N) is 1. The van der Waals surface area contributed by atoms with Crippen LogP contribution in [0, 0.1) is 0 Å². The van der Waals surface area contributed by atoms with Gasteiger partial charge in [-0.15, -0.1) is 0 Å². The molecule has 2 rings (SSSR count). The average Bonchev–Trinajstić information content (AvgIpc) is 2.82. The first-order valence-corrected chi connectivity index (χ1v) is 8.56. The lowest BCUT2D eigenvalue weighted by Crippen LogP contribution is -2.47. The quantitative estimate of drug-likeness (QED) is 0.698. The number of hydrogen-bond acceptors (Lipinski definition) is 4. The van der Waals surface area contributed by atoms with E-state index < -0.39 is 0 Å². The molecule has 2 heterocycles. The fourth-order valence-corrected chi connectivity index (χ4v) is 4.34. The van der Waals surface area contributed by atoms with Crippen LogP contribution >= 0.6 is 11.8 Å². The van der Waals surface area contributed by atoms with Crippen molar-refractivity contribution in [1.82, 2.24) is 5.32 Å². The highest BCUT2D eigenvalue weighted by Crippen LogP contribution is 2.38. The predicted molar refractivity (Wildman–Crippen MR) is 77.2 cm³/mol. The molecule has 2 aliphatic heterocycles. The number of hydrogen-bond donors (Lipinski definition) is 2. The Morgan fingerprint density at radius 1 is 1.28 bits per heavy atom. The molecule has 106 valence electrons. The van der Waals surface area contributed by atoms with E-state index in [4.69, 9.17) is 9.84 Å².